The third-order valence-electron chi connectivity index (χ3n) is 2.77. The van der Waals surface area contributed by atoms with E-state index in [-0.39, 0.29) is 9.90 Å². The Bertz CT molecular complexity index is 580. The smallest absolute Gasteiger partial charge is 0.409 e. The van der Waals surface area contributed by atoms with E-state index in [4.69, 9.17) is 13.6 Å². The van der Waals surface area contributed by atoms with E-state index in [1.807, 2.05) is 91.0 Å². The third-order valence-corrected chi connectivity index (χ3v) is 3.85. The average molecular weight is 341 g/mol. The first-order valence-electron chi connectivity index (χ1n) is 6.89. The molecule has 0 N–H and O–H groups in total. The number of para-hydroxylation sites is 3. The maximum atomic E-state index is 5.84. The predicted octanol–water partition coefficient (Wildman–Crippen LogP) is 6.31. The Morgan fingerprint density at radius 3 is 0.957 bits per heavy atom. The summed E-state index contributed by atoms with van der Waals surface area (Å²) in [5.41, 5.74) is 0. The highest BCUT2D eigenvalue weighted by Gasteiger charge is 2.19. The van der Waals surface area contributed by atoms with Crippen molar-refractivity contribution in [1.82, 2.24) is 0 Å². The van der Waals surface area contributed by atoms with Crippen molar-refractivity contribution in [3.05, 3.63) is 91.0 Å². The van der Waals surface area contributed by atoms with E-state index < -0.39 is 8.60 Å². The van der Waals surface area contributed by atoms with Crippen LogP contribution in [-0.4, -0.2) is 0 Å². The minimum atomic E-state index is -1.59. The Labute approximate surface area is 140 Å². The van der Waals surface area contributed by atoms with Gasteiger partial charge in [0.2, 0.25) is 0 Å². The van der Waals surface area contributed by atoms with E-state index in [1.54, 1.807) is 0 Å². The molecule has 3 aromatic rings. The topological polar surface area (TPSA) is 27.7 Å². The van der Waals surface area contributed by atoms with Gasteiger partial charge in [-0.25, -0.2) is 0 Å². The minimum Gasteiger partial charge on any atom is -0.409 e. The third kappa shape index (κ3) is 5.56. The summed E-state index contributed by atoms with van der Waals surface area (Å²) in [6.45, 7) is 0. The zero-order valence-electron chi connectivity index (χ0n) is 12.3. The van der Waals surface area contributed by atoms with Crippen molar-refractivity contribution in [2.75, 3.05) is 0 Å². The molecule has 3 rings (SSSR count). The van der Waals surface area contributed by atoms with E-state index >= 15 is 0 Å². The van der Waals surface area contributed by atoms with E-state index in [9.17, 15) is 0 Å². The van der Waals surface area contributed by atoms with Crippen molar-refractivity contribution in [2.45, 2.75) is 0 Å². The average Bonchev–Trinajstić information content (AvgIpc) is 2.57. The van der Waals surface area contributed by atoms with E-state index in [0.717, 1.165) is 0 Å². The fraction of sp³-hybridized carbons (Fsp3) is 0. The molecule has 0 aromatic heterocycles. The predicted molar refractivity (Wildman–Crippen MR) is 95.1 cm³/mol. The van der Waals surface area contributed by atoms with Crippen LogP contribution in [-0.2, 0) is 0 Å². The SMILES string of the molecule is [P].c1ccc(OP(Oc2ccccc2)Oc2ccccc2)cc1. The van der Waals surface area contributed by atoms with Crippen molar-refractivity contribution in [2.24, 2.45) is 0 Å². The largest absolute Gasteiger partial charge is 0.530 e. The molecule has 0 aliphatic rings. The monoisotopic (exact) mass is 341 g/mol. The van der Waals surface area contributed by atoms with Crippen LogP contribution in [0.2, 0.25) is 0 Å². The fourth-order valence-electron chi connectivity index (χ4n) is 1.76. The lowest BCUT2D eigenvalue weighted by atomic mass is 10.3. The summed E-state index contributed by atoms with van der Waals surface area (Å²) >= 11 is 0. The Kier molecular flexibility index (Phi) is 6.87. The molecule has 0 bridgehead atoms. The van der Waals surface area contributed by atoms with Crippen LogP contribution in [0.5, 0.6) is 17.2 Å². The molecular weight excluding hydrogens is 326 g/mol. The van der Waals surface area contributed by atoms with Crippen LogP contribution < -0.4 is 13.6 Å². The molecule has 0 spiro atoms. The summed E-state index contributed by atoms with van der Waals surface area (Å²) in [6.07, 6.45) is 0. The van der Waals surface area contributed by atoms with Crippen molar-refractivity contribution in [3.8, 4) is 17.2 Å². The van der Waals surface area contributed by atoms with Gasteiger partial charge in [0.25, 0.3) is 0 Å². The van der Waals surface area contributed by atoms with Gasteiger partial charge in [0.15, 0.2) is 0 Å². The molecular formula is C18H15O3P2. The molecule has 3 radical (unpaired) electrons. The molecule has 3 nitrogen and oxygen atoms in total. The van der Waals surface area contributed by atoms with Crippen molar-refractivity contribution >= 4 is 18.5 Å². The molecule has 0 aliphatic carbocycles. The van der Waals surface area contributed by atoms with Crippen LogP contribution in [0.4, 0.5) is 0 Å². The second-order valence-corrected chi connectivity index (χ2v) is 5.43. The lowest BCUT2D eigenvalue weighted by Crippen LogP contribution is -2.02. The van der Waals surface area contributed by atoms with Crippen LogP contribution in [0.3, 0.4) is 0 Å². The molecule has 23 heavy (non-hydrogen) atoms. The maximum Gasteiger partial charge on any atom is 0.530 e. The Morgan fingerprint density at radius 2 is 0.696 bits per heavy atom. The molecule has 0 saturated carbocycles. The standard InChI is InChI=1S/C18H15O3P.P/c1-4-10-16(11-5-1)19-22(20-17-12-6-2-7-13-17)21-18-14-8-3-9-15-18;/h1-15H;. The van der Waals surface area contributed by atoms with Crippen LogP contribution in [0.15, 0.2) is 91.0 Å². The molecule has 0 aliphatic heterocycles. The lowest BCUT2D eigenvalue weighted by molar-refractivity contribution is 0.388. The van der Waals surface area contributed by atoms with Gasteiger partial charge in [-0.1, -0.05) is 54.6 Å². The highest BCUT2D eigenvalue weighted by Crippen LogP contribution is 2.41. The maximum absolute atomic E-state index is 5.84. The van der Waals surface area contributed by atoms with Gasteiger partial charge in [0, 0.05) is 9.90 Å². The normalized spacial score (nSPS) is 9.78. The van der Waals surface area contributed by atoms with Gasteiger partial charge in [-0.15, -0.1) is 0 Å². The molecule has 3 aromatic carbocycles. The van der Waals surface area contributed by atoms with E-state index in [2.05, 4.69) is 0 Å². The van der Waals surface area contributed by atoms with Gasteiger partial charge >= 0.3 is 8.60 Å². The van der Waals surface area contributed by atoms with Gasteiger partial charge in [-0.05, 0) is 36.4 Å². The van der Waals surface area contributed by atoms with Gasteiger partial charge < -0.3 is 13.6 Å². The number of hydrogen-bond donors (Lipinski definition) is 0. The number of rotatable bonds is 6. The second kappa shape index (κ2) is 9.15. The number of benzene rings is 3. The summed E-state index contributed by atoms with van der Waals surface area (Å²) in [6, 6.07) is 28.5. The lowest BCUT2D eigenvalue weighted by Gasteiger charge is -2.17. The molecule has 0 amide bonds. The summed E-state index contributed by atoms with van der Waals surface area (Å²) in [4.78, 5) is 0. The highest BCUT2D eigenvalue weighted by molar-refractivity contribution is 7.43. The summed E-state index contributed by atoms with van der Waals surface area (Å²) in [5.74, 6) is 2.13. The van der Waals surface area contributed by atoms with Crippen LogP contribution >= 0.6 is 18.5 Å². The first-order valence-corrected chi connectivity index (χ1v) is 7.99. The van der Waals surface area contributed by atoms with Gasteiger partial charge in [-0.2, -0.15) is 0 Å². The van der Waals surface area contributed by atoms with Gasteiger partial charge in [0.05, 0.1) is 0 Å². The highest BCUT2D eigenvalue weighted by atomic mass is 31.2. The molecule has 0 fully saturated rings. The molecule has 5 heteroatoms. The molecule has 0 saturated heterocycles. The molecule has 0 heterocycles. The van der Waals surface area contributed by atoms with Crippen LogP contribution in [0, 0.1) is 0 Å². The Morgan fingerprint density at radius 1 is 0.435 bits per heavy atom. The quantitative estimate of drug-likeness (QED) is 0.492. The van der Waals surface area contributed by atoms with E-state index in [0.29, 0.717) is 17.2 Å². The Hall–Kier alpha value is -2.08. The van der Waals surface area contributed by atoms with Crippen molar-refractivity contribution in [1.29, 1.82) is 0 Å². The van der Waals surface area contributed by atoms with Gasteiger partial charge in [-0.3, -0.25) is 0 Å². The van der Waals surface area contributed by atoms with Gasteiger partial charge in [0.1, 0.15) is 17.2 Å². The first kappa shape index (κ1) is 17.3. The summed E-state index contributed by atoms with van der Waals surface area (Å²) in [5, 5.41) is 0. The zero-order chi connectivity index (χ0) is 15.0. The van der Waals surface area contributed by atoms with Crippen molar-refractivity contribution < 1.29 is 13.6 Å². The molecule has 0 atom stereocenters. The molecule has 0 unspecified atom stereocenters. The summed E-state index contributed by atoms with van der Waals surface area (Å²) < 4.78 is 17.5. The fourth-order valence-corrected chi connectivity index (χ4v) is 2.75. The first-order chi connectivity index (χ1) is 10.9. The molecule has 115 valence electrons. The second-order valence-electron chi connectivity index (χ2n) is 4.44. The Balaban J connectivity index is 0.00000192. The number of hydrogen-bond acceptors (Lipinski definition) is 3. The summed E-state index contributed by atoms with van der Waals surface area (Å²) in [7, 11) is -1.59. The van der Waals surface area contributed by atoms with Crippen molar-refractivity contribution in [3.63, 3.8) is 0 Å². The van der Waals surface area contributed by atoms with Crippen LogP contribution in [0.1, 0.15) is 0 Å². The minimum absolute atomic E-state index is 0. The van der Waals surface area contributed by atoms with Crippen LogP contribution in [0.25, 0.3) is 0 Å². The zero-order valence-corrected chi connectivity index (χ0v) is 14.1. The van der Waals surface area contributed by atoms with E-state index in [1.165, 1.54) is 0 Å².